The largest absolute Gasteiger partial charge is 0.477 e. The van der Waals surface area contributed by atoms with Gasteiger partial charge in [-0.2, -0.15) is 0 Å². The van der Waals surface area contributed by atoms with Crippen LogP contribution < -0.4 is 0 Å². The molecule has 3 nitrogen and oxygen atoms in total. The number of carboxylic acids is 1. The molecule has 0 atom stereocenters. The lowest BCUT2D eigenvalue weighted by Gasteiger charge is -2.06. The van der Waals surface area contributed by atoms with E-state index in [4.69, 9.17) is 5.11 Å². The van der Waals surface area contributed by atoms with Gasteiger partial charge in [0, 0.05) is 12.7 Å². The van der Waals surface area contributed by atoms with Crippen LogP contribution in [0.2, 0.25) is 0 Å². The monoisotopic (exact) mass is 229 g/mol. The van der Waals surface area contributed by atoms with E-state index in [9.17, 15) is 4.79 Å². The number of rotatable bonds is 3. The molecule has 3 heteroatoms. The molecular weight excluding hydrogens is 214 g/mol. The Morgan fingerprint density at radius 1 is 1.18 bits per heavy atom. The highest BCUT2D eigenvalue weighted by Gasteiger charge is 2.11. The highest BCUT2D eigenvalue weighted by atomic mass is 16.4. The fourth-order valence-corrected chi connectivity index (χ4v) is 1.93. The van der Waals surface area contributed by atoms with Crippen molar-refractivity contribution in [1.82, 2.24) is 4.57 Å². The molecule has 2 rings (SSSR count). The number of benzene rings is 1. The molecule has 0 spiro atoms. The Labute approximate surface area is 100 Å². The standard InChI is InChI=1S/C14H15NO2/c1-3-10-4-6-11(7-5-10)12-8-9-13(14(16)17)15(12)2/h4-9H,3H2,1-2H3,(H,16,17). The van der Waals surface area contributed by atoms with Gasteiger partial charge < -0.3 is 9.67 Å². The lowest BCUT2D eigenvalue weighted by Crippen LogP contribution is -2.05. The summed E-state index contributed by atoms with van der Waals surface area (Å²) in [5, 5.41) is 8.99. The molecule has 0 saturated carbocycles. The zero-order chi connectivity index (χ0) is 12.4. The first-order valence-electron chi connectivity index (χ1n) is 5.61. The first-order chi connectivity index (χ1) is 8.13. The van der Waals surface area contributed by atoms with Crippen molar-refractivity contribution >= 4 is 5.97 Å². The quantitative estimate of drug-likeness (QED) is 0.879. The molecule has 0 unspecified atom stereocenters. The van der Waals surface area contributed by atoms with Crippen LogP contribution >= 0.6 is 0 Å². The SMILES string of the molecule is CCc1ccc(-c2ccc(C(=O)O)n2C)cc1. The first-order valence-corrected chi connectivity index (χ1v) is 5.61. The van der Waals surface area contributed by atoms with Crippen LogP contribution in [0.3, 0.4) is 0 Å². The van der Waals surface area contributed by atoms with Crippen LogP contribution in [0.15, 0.2) is 36.4 Å². The van der Waals surface area contributed by atoms with E-state index in [-0.39, 0.29) is 0 Å². The Morgan fingerprint density at radius 3 is 2.29 bits per heavy atom. The smallest absolute Gasteiger partial charge is 0.352 e. The Bertz CT molecular complexity index is 538. The van der Waals surface area contributed by atoms with Crippen molar-refractivity contribution in [2.24, 2.45) is 7.05 Å². The van der Waals surface area contributed by atoms with Crippen LogP contribution in [0.25, 0.3) is 11.3 Å². The average molecular weight is 229 g/mol. The van der Waals surface area contributed by atoms with Crippen LogP contribution in [0.5, 0.6) is 0 Å². The van der Waals surface area contributed by atoms with Gasteiger partial charge in [-0.1, -0.05) is 31.2 Å². The molecule has 0 fully saturated rings. The van der Waals surface area contributed by atoms with E-state index >= 15 is 0 Å². The molecule has 88 valence electrons. The van der Waals surface area contributed by atoms with Crippen molar-refractivity contribution in [3.05, 3.63) is 47.7 Å². The van der Waals surface area contributed by atoms with E-state index in [0.717, 1.165) is 17.7 Å². The van der Waals surface area contributed by atoms with Gasteiger partial charge in [0.1, 0.15) is 5.69 Å². The number of aromatic nitrogens is 1. The Kier molecular flexibility index (Phi) is 3.00. The lowest BCUT2D eigenvalue weighted by molar-refractivity contribution is 0.0687. The van der Waals surface area contributed by atoms with Crippen molar-refractivity contribution in [2.75, 3.05) is 0 Å². The van der Waals surface area contributed by atoms with Gasteiger partial charge in [0.2, 0.25) is 0 Å². The van der Waals surface area contributed by atoms with E-state index in [1.54, 1.807) is 17.7 Å². The Hall–Kier alpha value is -2.03. The lowest BCUT2D eigenvalue weighted by atomic mass is 10.1. The fraction of sp³-hybridized carbons (Fsp3) is 0.214. The molecule has 0 bridgehead atoms. The summed E-state index contributed by atoms with van der Waals surface area (Å²) in [6.07, 6.45) is 1.01. The van der Waals surface area contributed by atoms with Gasteiger partial charge in [-0.15, -0.1) is 0 Å². The van der Waals surface area contributed by atoms with Gasteiger partial charge in [-0.25, -0.2) is 4.79 Å². The summed E-state index contributed by atoms with van der Waals surface area (Å²) in [6, 6.07) is 11.7. The van der Waals surface area contributed by atoms with Crippen molar-refractivity contribution < 1.29 is 9.90 Å². The van der Waals surface area contributed by atoms with E-state index in [1.807, 2.05) is 18.2 Å². The van der Waals surface area contributed by atoms with Crippen molar-refractivity contribution in [1.29, 1.82) is 0 Å². The number of carbonyl (C=O) groups is 1. The number of aryl methyl sites for hydroxylation is 1. The van der Waals surface area contributed by atoms with Crippen molar-refractivity contribution in [3.8, 4) is 11.3 Å². The minimum Gasteiger partial charge on any atom is -0.477 e. The fourth-order valence-electron chi connectivity index (χ4n) is 1.93. The topological polar surface area (TPSA) is 42.2 Å². The Morgan fingerprint density at radius 2 is 1.82 bits per heavy atom. The minimum atomic E-state index is -0.899. The van der Waals surface area contributed by atoms with E-state index in [2.05, 4.69) is 19.1 Å². The predicted octanol–water partition coefficient (Wildman–Crippen LogP) is 2.95. The zero-order valence-corrected chi connectivity index (χ0v) is 9.97. The molecule has 0 aliphatic rings. The van der Waals surface area contributed by atoms with Crippen molar-refractivity contribution in [3.63, 3.8) is 0 Å². The van der Waals surface area contributed by atoms with E-state index < -0.39 is 5.97 Å². The molecule has 1 aromatic carbocycles. The van der Waals surface area contributed by atoms with Gasteiger partial charge >= 0.3 is 5.97 Å². The third-order valence-corrected chi connectivity index (χ3v) is 3.00. The first kappa shape index (κ1) is 11.5. The Balaban J connectivity index is 2.42. The third kappa shape index (κ3) is 2.09. The average Bonchev–Trinajstić information content (AvgIpc) is 2.71. The summed E-state index contributed by atoms with van der Waals surface area (Å²) < 4.78 is 1.70. The minimum absolute atomic E-state index is 0.305. The van der Waals surface area contributed by atoms with Crippen LogP contribution in [0.1, 0.15) is 23.0 Å². The van der Waals surface area contributed by atoms with Crippen molar-refractivity contribution in [2.45, 2.75) is 13.3 Å². The van der Waals surface area contributed by atoms with E-state index in [1.165, 1.54) is 5.56 Å². The molecule has 0 aliphatic carbocycles. The summed E-state index contributed by atoms with van der Waals surface area (Å²) in [5.41, 5.74) is 3.54. The molecule has 0 saturated heterocycles. The van der Waals surface area contributed by atoms with Gasteiger partial charge in [0.05, 0.1) is 0 Å². The number of aromatic carboxylic acids is 1. The summed E-state index contributed by atoms with van der Waals surface area (Å²) in [4.78, 5) is 10.9. The molecule has 1 aromatic heterocycles. The molecule has 0 amide bonds. The number of carboxylic acid groups (broad SMARTS) is 1. The molecule has 0 radical (unpaired) electrons. The number of nitrogens with zero attached hydrogens (tertiary/aromatic N) is 1. The molecule has 2 aromatic rings. The highest BCUT2D eigenvalue weighted by Crippen LogP contribution is 2.22. The second-order valence-electron chi connectivity index (χ2n) is 4.02. The summed E-state index contributed by atoms with van der Waals surface area (Å²) >= 11 is 0. The summed E-state index contributed by atoms with van der Waals surface area (Å²) in [7, 11) is 1.77. The normalized spacial score (nSPS) is 10.5. The number of hydrogen-bond donors (Lipinski definition) is 1. The molecule has 1 N–H and O–H groups in total. The second kappa shape index (κ2) is 4.45. The van der Waals surface area contributed by atoms with Gasteiger partial charge in [-0.3, -0.25) is 0 Å². The molecule has 17 heavy (non-hydrogen) atoms. The molecule has 0 aliphatic heterocycles. The number of hydrogen-bond acceptors (Lipinski definition) is 1. The van der Waals surface area contributed by atoms with Crippen LogP contribution in [0, 0.1) is 0 Å². The summed E-state index contributed by atoms with van der Waals surface area (Å²) in [5.74, 6) is -0.899. The zero-order valence-electron chi connectivity index (χ0n) is 9.97. The van der Waals surface area contributed by atoms with Gasteiger partial charge in [0.15, 0.2) is 0 Å². The third-order valence-electron chi connectivity index (χ3n) is 3.00. The predicted molar refractivity (Wildman–Crippen MR) is 67.2 cm³/mol. The second-order valence-corrected chi connectivity index (χ2v) is 4.02. The van der Waals surface area contributed by atoms with Gasteiger partial charge in [0.25, 0.3) is 0 Å². The summed E-state index contributed by atoms with van der Waals surface area (Å²) in [6.45, 7) is 2.11. The maximum atomic E-state index is 10.9. The van der Waals surface area contributed by atoms with Crippen LogP contribution in [0.4, 0.5) is 0 Å². The van der Waals surface area contributed by atoms with Gasteiger partial charge in [-0.05, 0) is 29.7 Å². The molecular formula is C14H15NO2. The molecule has 1 heterocycles. The highest BCUT2D eigenvalue weighted by molar-refractivity contribution is 5.87. The van der Waals surface area contributed by atoms with E-state index in [0.29, 0.717) is 5.69 Å². The maximum Gasteiger partial charge on any atom is 0.352 e. The maximum absolute atomic E-state index is 10.9. The van der Waals surface area contributed by atoms with Crippen LogP contribution in [-0.4, -0.2) is 15.6 Å². The van der Waals surface area contributed by atoms with Crippen LogP contribution in [-0.2, 0) is 13.5 Å².